The fraction of sp³-hybridized carbons (Fsp3) is 0.667. The fourth-order valence-electron chi connectivity index (χ4n) is 1.18. The summed E-state index contributed by atoms with van der Waals surface area (Å²) in [6.07, 6.45) is -4.36. The zero-order valence-electron chi connectivity index (χ0n) is 9.11. The Bertz CT molecular complexity index is 346. The number of aryl methyl sites for hydroxylation is 1. The van der Waals surface area contributed by atoms with Crippen molar-refractivity contribution in [3.05, 3.63) is 11.8 Å². The van der Waals surface area contributed by atoms with Crippen LogP contribution in [0.15, 0.2) is 6.07 Å². The van der Waals surface area contributed by atoms with E-state index in [2.05, 4.69) is 10.4 Å². The summed E-state index contributed by atoms with van der Waals surface area (Å²) in [5.41, 5.74) is -1.06. The molecule has 0 aliphatic rings. The molecular formula is C9H14F3N3. The van der Waals surface area contributed by atoms with E-state index in [-0.39, 0.29) is 11.4 Å². The maximum absolute atomic E-state index is 12.4. The maximum Gasteiger partial charge on any atom is 0.433 e. The lowest BCUT2D eigenvalue weighted by Gasteiger charge is -2.19. The summed E-state index contributed by atoms with van der Waals surface area (Å²) in [6, 6.07) is 1.01. The zero-order valence-corrected chi connectivity index (χ0v) is 9.11. The molecule has 6 heteroatoms. The third kappa shape index (κ3) is 3.14. The number of rotatable bonds is 1. The van der Waals surface area contributed by atoms with Gasteiger partial charge in [0.2, 0.25) is 0 Å². The molecule has 0 radical (unpaired) electrons. The van der Waals surface area contributed by atoms with Gasteiger partial charge in [0, 0.05) is 18.7 Å². The standard InChI is InChI=1S/C9H14F3N3/c1-8(2,3)13-7-5-6(9(10,11)12)15(4)14-7/h5H,1-4H3,(H,13,14). The van der Waals surface area contributed by atoms with Crippen LogP contribution in [-0.2, 0) is 13.2 Å². The number of anilines is 1. The second-order valence-corrected chi connectivity index (χ2v) is 4.41. The van der Waals surface area contributed by atoms with Crippen LogP contribution in [0.2, 0.25) is 0 Å². The van der Waals surface area contributed by atoms with Crippen LogP contribution >= 0.6 is 0 Å². The van der Waals surface area contributed by atoms with Gasteiger partial charge in [-0.05, 0) is 20.8 Å². The van der Waals surface area contributed by atoms with Crippen molar-refractivity contribution >= 4 is 5.82 Å². The van der Waals surface area contributed by atoms with E-state index < -0.39 is 11.9 Å². The Labute approximate surface area is 86.3 Å². The molecule has 3 nitrogen and oxygen atoms in total. The average Bonchev–Trinajstić information content (AvgIpc) is 2.25. The summed E-state index contributed by atoms with van der Waals surface area (Å²) in [4.78, 5) is 0. The van der Waals surface area contributed by atoms with Gasteiger partial charge in [0.05, 0.1) is 0 Å². The van der Waals surface area contributed by atoms with Gasteiger partial charge in [0.25, 0.3) is 0 Å². The summed E-state index contributed by atoms with van der Waals surface area (Å²) in [5, 5.41) is 6.63. The van der Waals surface area contributed by atoms with Crippen LogP contribution in [0.1, 0.15) is 26.5 Å². The normalized spacial score (nSPS) is 13.0. The molecule has 15 heavy (non-hydrogen) atoms. The summed E-state index contributed by atoms with van der Waals surface area (Å²) in [6.45, 7) is 5.57. The van der Waals surface area contributed by atoms with Crippen LogP contribution in [-0.4, -0.2) is 15.3 Å². The number of aromatic nitrogens is 2. The minimum absolute atomic E-state index is 0.234. The molecule has 0 saturated carbocycles. The van der Waals surface area contributed by atoms with E-state index in [9.17, 15) is 13.2 Å². The Balaban J connectivity index is 2.97. The van der Waals surface area contributed by atoms with Crippen molar-refractivity contribution in [1.29, 1.82) is 0 Å². The van der Waals surface area contributed by atoms with Gasteiger partial charge in [-0.15, -0.1) is 0 Å². The predicted octanol–water partition coefficient (Wildman–Crippen LogP) is 2.65. The van der Waals surface area contributed by atoms with Gasteiger partial charge in [-0.25, -0.2) is 0 Å². The molecule has 1 rings (SSSR count). The smallest absolute Gasteiger partial charge is 0.364 e. The Kier molecular flexibility index (Phi) is 2.71. The third-order valence-corrected chi connectivity index (χ3v) is 1.67. The van der Waals surface area contributed by atoms with E-state index in [4.69, 9.17) is 0 Å². The maximum atomic E-state index is 12.4. The number of nitrogens with zero attached hydrogens (tertiary/aromatic N) is 2. The number of hydrogen-bond acceptors (Lipinski definition) is 2. The SMILES string of the molecule is Cn1nc(NC(C)(C)C)cc1C(F)(F)F. The van der Waals surface area contributed by atoms with Gasteiger partial charge in [-0.1, -0.05) is 0 Å². The number of halogens is 3. The minimum Gasteiger partial charge on any atom is -0.364 e. The van der Waals surface area contributed by atoms with Crippen LogP contribution in [0, 0.1) is 0 Å². The van der Waals surface area contributed by atoms with Crippen molar-refractivity contribution in [2.75, 3.05) is 5.32 Å². The van der Waals surface area contributed by atoms with Gasteiger partial charge in [-0.3, -0.25) is 4.68 Å². The topological polar surface area (TPSA) is 29.9 Å². The molecule has 86 valence electrons. The van der Waals surface area contributed by atoms with Crippen molar-refractivity contribution in [3.63, 3.8) is 0 Å². The molecule has 0 saturated heterocycles. The first-order valence-corrected chi connectivity index (χ1v) is 4.49. The Morgan fingerprint density at radius 1 is 1.27 bits per heavy atom. The van der Waals surface area contributed by atoms with Crippen LogP contribution < -0.4 is 5.32 Å². The van der Waals surface area contributed by atoms with Gasteiger partial charge in [0.1, 0.15) is 11.5 Å². The lowest BCUT2D eigenvalue weighted by Crippen LogP contribution is -2.26. The van der Waals surface area contributed by atoms with Gasteiger partial charge in [-0.2, -0.15) is 18.3 Å². The van der Waals surface area contributed by atoms with Crippen molar-refractivity contribution in [3.8, 4) is 0 Å². The van der Waals surface area contributed by atoms with Crippen LogP contribution in [0.4, 0.5) is 19.0 Å². The molecular weight excluding hydrogens is 207 g/mol. The van der Waals surface area contributed by atoms with Gasteiger partial charge >= 0.3 is 6.18 Å². The first kappa shape index (κ1) is 11.9. The van der Waals surface area contributed by atoms with Crippen molar-refractivity contribution in [1.82, 2.24) is 9.78 Å². The fourth-order valence-corrected chi connectivity index (χ4v) is 1.18. The first-order valence-electron chi connectivity index (χ1n) is 4.49. The van der Waals surface area contributed by atoms with Crippen molar-refractivity contribution in [2.45, 2.75) is 32.5 Å². The molecule has 0 aromatic carbocycles. The van der Waals surface area contributed by atoms with Crippen LogP contribution in [0.25, 0.3) is 0 Å². The molecule has 0 unspecified atom stereocenters. The molecule has 0 spiro atoms. The van der Waals surface area contributed by atoms with E-state index in [1.165, 1.54) is 7.05 Å². The molecule has 0 bridgehead atoms. The number of nitrogens with one attached hydrogen (secondary N) is 1. The lowest BCUT2D eigenvalue weighted by molar-refractivity contribution is -0.143. The van der Waals surface area contributed by atoms with Crippen LogP contribution in [0.3, 0.4) is 0 Å². The number of hydrogen-bond donors (Lipinski definition) is 1. The summed E-state index contributed by atoms with van der Waals surface area (Å²) >= 11 is 0. The zero-order chi connectivity index (χ0) is 11.9. The summed E-state index contributed by atoms with van der Waals surface area (Å²) in [5.74, 6) is 0.234. The van der Waals surface area contributed by atoms with Gasteiger partial charge in [0.15, 0.2) is 0 Å². The molecule has 1 heterocycles. The molecule has 0 atom stereocenters. The van der Waals surface area contributed by atoms with E-state index in [0.29, 0.717) is 0 Å². The van der Waals surface area contributed by atoms with E-state index in [1.807, 2.05) is 20.8 Å². The van der Waals surface area contributed by atoms with Gasteiger partial charge < -0.3 is 5.32 Å². The average molecular weight is 221 g/mol. The van der Waals surface area contributed by atoms with Crippen molar-refractivity contribution in [2.24, 2.45) is 7.05 Å². The highest BCUT2D eigenvalue weighted by atomic mass is 19.4. The molecule has 0 aliphatic heterocycles. The Hall–Kier alpha value is -1.20. The molecule has 0 aliphatic carbocycles. The van der Waals surface area contributed by atoms with E-state index in [1.54, 1.807) is 0 Å². The van der Waals surface area contributed by atoms with Crippen molar-refractivity contribution < 1.29 is 13.2 Å². The molecule has 0 amide bonds. The van der Waals surface area contributed by atoms with Crippen LogP contribution in [0.5, 0.6) is 0 Å². The highest BCUT2D eigenvalue weighted by Crippen LogP contribution is 2.30. The Morgan fingerprint density at radius 3 is 2.13 bits per heavy atom. The predicted molar refractivity (Wildman–Crippen MR) is 51.6 cm³/mol. The second-order valence-electron chi connectivity index (χ2n) is 4.41. The summed E-state index contributed by atoms with van der Waals surface area (Å²) < 4.78 is 38.0. The Morgan fingerprint density at radius 2 is 1.80 bits per heavy atom. The largest absolute Gasteiger partial charge is 0.433 e. The summed E-state index contributed by atoms with van der Waals surface area (Å²) in [7, 11) is 1.27. The molecule has 0 fully saturated rings. The lowest BCUT2D eigenvalue weighted by atomic mass is 10.1. The number of alkyl halides is 3. The highest BCUT2D eigenvalue weighted by Gasteiger charge is 2.35. The molecule has 1 N–H and O–H groups in total. The monoisotopic (exact) mass is 221 g/mol. The molecule has 1 aromatic rings. The van der Waals surface area contributed by atoms with E-state index in [0.717, 1.165) is 10.7 Å². The third-order valence-electron chi connectivity index (χ3n) is 1.67. The molecule has 1 aromatic heterocycles. The van der Waals surface area contributed by atoms with E-state index >= 15 is 0 Å². The first-order chi connectivity index (χ1) is 6.59. The highest BCUT2D eigenvalue weighted by molar-refractivity contribution is 5.39. The second kappa shape index (κ2) is 3.43. The minimum atomic E-state index is -4.36. The quantitative estimate of drug-likeness (QED) is 0.790.